The molecule has 0 aromatic heterocycles. The first-order valence-corrected chi connectivity index (χ1v) is 43.0. The predicted octanol–water partition coefficient (Wildman–Crippen LogP) is 17.2. The molecule has 16 fully saturated rings. The Labute approximate surface area is 754 Å². The Balaban J connectivity index is 0.000000526. The second-order valence-electron chi connectivity index (χ2n) is 40.0. The Kier molecular flexibility index (Phi) is 38.4. The van der Waals surface area contributed by atoms with Gasteiger partial charge in [-0.2, -0.15) is 0 Å². The number of rotatable bonds is 22. The van der Waals surface area contributed by atoms with Gasteiger partial charge in [0.2, 0.25) is 0 Å². The maximum Gasteiger partial charge on any atom is 0.311 e. The van der Waals surface area contributed by atoms with E-state index in [2.05, 4.69) is 6.92 Å². The third-order valence-electron chi connectivity index (χ3n) is 30.5. The monoisotopic (exact) mass is 1790 g/mol. The third kappa shape index (κ3) is 20.4. The van der Waals surface area contributed by atoms with Crippen LogP contribution in [-0.4, -0.2) is 170 Å². The minimum atomic E-state index is -0.628. The number of fused-ring (bicyclic) bond motifs is 5. The van der Waals surface area contributed by atoms with E-state index in [0.29, 0.717) is 63.2 Å². The van der Waals surface area contributed by atoms with Crippen molar-refractivity contribution in [2.45, 2.75) is 388 Å². The molecule has 16 rings (SSSR count). The lowest BCUT2D eigenvalue weighted by Crippen LogP contribution is -2.46. The standard InChI is InChI=1S/C22H32O6.C19H28O6.C17H24O6.C16H22O6.C14H20O4.10CH4/c1-5-21(3,4)20(25)27-17-13-11-12-14(18(23)26-16(12)17)15(13)19(24)28-22(6-2)9-7-8-10-22;1-7-19(5,6)17(22)24-14-10-8-9-11(15(20)23-13(9)14)12(10)16(21)25-18(2,3)4;1-5-17(3,4)16(20)23-13-8-7-9-11(15(19)22-12(9)13)10(8)14(18)21-6-2;1-5-16(2,3)15(19)22-12-7-6-8-10(9(7)13(17)20-4)14(18)21-11(8)12;1-4-14(2,3)13(16)18-10-7-5-8-9(6-7)12(15)17-11(8)10;;;;;;;;;;/h12-17H,5-11H2,1-4H3;9-14H,7-8H2,1-6H3;8-13H,5-7H2,1-4H3;7-12H,5-6H2,1-4H3;7-11H,4-6H2,1-3H3;10*1H4. The van der Waals surface area contributed by atoms with Crippen molar-refractivity contribution in [3.05, 3.63) is 0 Å². The minimum absolute atomic E-state index is 0. The highest BCUT2D eigenvalue weighted by Gasteiger charge is 2.75. The van der Waals surface area contributed by atoms with Crippen molar-refractivity contribution >= 4 is 83.6 Å². The van der Waals surface area contributed by atoms with Gasteiger partial charge in [-0.15, -0.1) is 0 Å². The fourth-order valence-electron chi connectivity index (χ4n) is 21.6. The molecule has 0 aromatic carbocycles. The number of carbonyl (C=O) groups is 14. The van der Waals surface area contributed by atoms with Gasteiger partial charge in [0.1, 0.15) is 72.2 Å². The van der Waals surface area contributed by atoms with Crippen LogP contribution in [0.5, 0.6) is 0 Å². The maximum atomic E-state index is 13.2. The SMILES string of the molecule is C.C.C.C.C.C.C.C.C.C.CCC(C)(C)C(=O)OC1C2CC3C(=O)OC1C3C2.CCC(C)(C)C(=O)OC1C2CC3C1OC(=O)C3C2C(=O)OC.CCC(C)(C)C(=O)OC1C2CC3C1OC(=O)C3C2C(=O)OC(C)(C)C.CCC1(OC(=O)C2C3CC4C(OC(=O)C42)C3OC(=O)C(C)(C)CC)CCCC1.CCOC(=O)C1C2CC3C(OC(=O)C31)C2OC(=O)C(C)(C)CC. The molecule has 0 spiro atoms. The average molecular weight is 1790 g/mol. The first-order valence-electron chi connectivity index (χ1n) is 43.0. The summed E-state index contributed by atoms with van der Waals surface area (Å²) in [4.78, 5) is 173. The molecule has 10 bridgehead atoms. The van der Waals surface area contributed by atoms with E-state index in [4.69, 9.17) is 66.3 Å². The molecule has 0 amide bonds. The van der Waals surface area contributed by atoms with Crippen molar-refractivity contribution in [3.8, 4) is 0 Å². The number of esters is 14. The van der Waals surface area contributed by atoms with E-state index in [9.17, 15) is 67.1 Å². The largest absolute Gasteiger partial charge is 0.469 e. The van der Waals surface area contributed by atoms with Crippen LogP contribution in [0.25, 0.3) is 0 Å². The number of hydrogen-bond donors (Lipinski definition) is 0. The summed E-state index contributed by atoms with van der Waals surface area (Å²) < 4.78 is 77.5. The number of carbonyl (C=O) groups excluding carboxylic acids is 14. The Hall–Kier alpha value is -7.42. The van der Waals surface area contributed by atoms with Gasteiger partial charge < -0.3 is 66.3 Å². The lowest BCUT2D eigenvalue weighted by molar-refractivity contribution is -0.178. The highest BCUT2D eigenvalue weighted by atomic mass is 16.6. The molecule has 11 saturated carbocycles. The summed E-state index contributed by atoms with van der Waals surface area (Å²) in [7, 11) is 1.31. The van der Waals surface area contributed by atoms with Gasteiger partial charge in [-0.25, -0.2) is 0 Å². The van der Waals surface area contributed by atoms with Gasteiger partial charge in [-0.3, -0.25) is 67.1 Å². The van der Waals surface area contributed by atoms with Crippen molar-refractivity contribution in [2.24, 2.45) is 140 Å². The van der Waals surface area contributed by atoms with Crippen LogP contribution >= 0.6 is 0 Å². The van der Waals surface area contributed by atoms with Gasteiger partial charge in [0.25, 0.3) is 0 Å². The van der Waals surface area contributed by atoms with E-state index in [0.717, 1.165) is 51.4 Å². The molecule has 5 saturated heterocycles. The van der Waals surface area contributed by atoms with E-state index in [1.807, 2.05) is 104 Å². The van der Waals surface area contributed by atoms with Crippen LogP contribution in [0.2, 0.25) is 0 Å². The quantitative estimate of drug-likeness (QED) is 0.0717. The van der Waals surface area contributed by atoms with E-state index >= 15 is 0 Å². The second-order valence-corrected chi connectivity index (χ2v) is 40.0. The number of hydrogen-bond acceptors (Lipinski definition) is 28. The molecule has 5 aliphatic heterocycles. The van der Waals surface area contributed by atoms with Gasteiger partial charge in [-0.05, 0) is 200 Å². The zero-order chi connectivity index (χ0) is 85.2. The maximum absolute atomic E-state index is 13.2. The summed E-state index contributed by atoms with van der Waals surface area (Å²) in [5.74, 6) is -8.58. The van der Waals surface area contributed by atoms with Crippen LogP contribution < -0.4 is 0 Å². The molecule has 28 nitrogen and oxygen atoms in total. The van der Waals surface area contributed by atoms with Crippen LogP contribution in [0.1, 0.15) is 315 Å². The lowest BCUT2D eigenvalue weighted by Gasteiger charge is -2.35. The molecule has 0 N–H and O–H groups in total. The zero-order valence-electron chi connectivity index (χ0n) is 71.7. The Morgan fingerprint density at radius 1 is 0.333 bits per heavy atom. The molecule has 126 heavy (non-hydrogen) atoms. The number of ether oxygens (including phenoxy) is 14. The van der Waals surface area contributed by atoms with Gasteiger partial charge in [0.15, 0.2) is 0 Å². The molecule has 0 aromatic rings. The molecule has 726 valence electrons. The van der Waals surface area contributed by atoms with Crippen molar-refractivity contribution < 1.29 is 133 Å². The lowest BCUT2D eigenvalue weighted by atomic mass is 9.78. The third-order valence-corrected chi connectivity index (χ3v) is 30.5. The Morgan fingerprint density at radius 3 is 0.881 bits per heavy atom. The van der Waals surface area contributed by atoms with Gasteiger partial charge in [-0.1, -0.05) is 116 Å². The Morgan fingerprint density at radius 2 is 0.603 bits per heavy atom. The zero-order valence-corrected chi connectivity index (χ0v) is 71.7. The second kappa shape index (κ2) is 42.2. The fourth-order valence-corrected chi connectivity index (χ4v) is 21.6. The van der Waals surface area contributed by atoms with Crippen molar-refractivity contribution in [3.63, 3.8) is 0 Å². The van der Waals surface area contributed by atoms with E-state index in [1.165, 1.54) is 7.11 Å². The summed E-state index contributed by atoms with van der Waals surface area (Å²) >= 11 is 0. The molecular formula is C98H166O28. The van der Waals surface area contributed by atoms with Crippen LogP contribution in [0, 0.1) is 140 Å². The van der Waals surface area contributed by atoms with Gasteiger partial charge in [0, 0.05) is 59.2 Å². The fraction of sp³-hybridized carbons (Fsp3) is 0.857. The molecular weight excluding hydrogens is 1630 g/mol. The first-order chi connectivity index (χ1) is 54.2. The molecule has 16 aliphatic rings. The smallest absolute Gasteiger partial charge is 0.311 e. The summed E-state index contributed by atoms with van der Waals surface area (Å²) in [5, 5.41) is 0. The normalized spacial score (nSPS) is 35.1. The van der Waals surface area contributed by atoms with Crippen molar-refractivity contribution in [1.29, 1.82) is 0 Å². The highest BCUT2D eigenvalue weighted by molar-refractivity contribution is 5.90. The molecule has 28 heteroatoms. The first kappa shape index (κ1) is 115. The summed E-state index contributed by atoms with van der Waals surface area (Å²) in [5.41, 5.74) is -3.87. The topological polar surface area (TPSA) is 368 Å². The van der Waals surface area contributed by atoms with Crippen LogP contribution in [0.4, 0.5) is 0 Å². The van der Waals surface area contributed by atoms with Crippen LogP contribution in [-0.2, 0) is 133 Å². The van der Waals surface area contributed by atoms with Crippen molar-refractivity contribution in [2.75, 3.05) is 13.7 Å². The summed E-state index contributed by atoms with van der Waals surface area (Å²) in [6.45, 7) is 37.6. The minimum Gasteiger partial charge on any atom is -0.469 e. The molecule has 0 radical (unpaired) electrons. The van der Waals surface area contributed by atoms with Gasteiger partial charge in [0.05, 0.1) is 94.1 Å². The molecule has 5 heterocycles. The highest BCUT2D eigenvalue weighted by Crippen LogP contribution is 2.64. The van der Waals surface area contributed by atoms with Gasteiger partial charge >= 0.3 is 83.6 Å². The van der Waals surface area contributed by atoms with E-state index in [-0.39, 0.29) is 218 Å². The van der Waals surface area contributed by atoms with E-state index < -0.39 is 146 Å². The Bertz CT molecular complexity index is 3870. The van der Waals surface area contributed by atoms with Crippen molar-refractivity contribution in [1.82, 2.24) is 0 Å². The predicted molar refractivity (Wildman–Crippen MR) is 473 cm³/mol. The average Bonchev–Trinajstić information content (AvgIpc) is 1.56. The summed E-state index contributed by atoms with van der Waals surface area (Å²) in [6, 6.07) is 0. The molecule has 29 unspecified atom stereocenters. The van der Waals surface area contributed by atoms with Crippen LogP contribution in [0.15, 0.2) is 0 Å². The van der Waals surface area contributed by atoms with Crippen LogP contribution in [0.3, 0.4) is 0 Å². The van der Waals surface area contributed by atoms with E-state index in [1.54, 1.807) is 27.7 Å². The molecule has 11 aliphatic carbocycles. The number of methoxy groups -OCH3 is 1. The molecule has 29 atom stereocenters. The summed E-state index contributed by atoms with van der Waals surface area (Å²) in [6.07, 6.45) is 8.42.